The Morgan fingerprint density at radius 3 is 2.26 bits per heavy atom. The van der Waals surface area contributed by atoms with Gasteiger partial charge in [0.25, 0.3) is 0 Å². The van der Waals surface area contributed by atoms with E-state index in [1.807, 2.05) is 44.2 Å². The first-order valence-corrected chi connectivity index (χ1v) is 14.5. The lowest BCUT2D eigenvalue weighted by Gasteiger charge is -2.44. The van der Waals surface area contributed by atoms with E-state index in [0.717, 1.165) is 33.7 Å². The van der Waals surface area contributed by atoms with Gasteiger partial charge in [-0.3, -0.25) is 9.69 Å². The maximum atomic E-state index is 14.0. The molecule has 1 unspecified atom stereocenters. The van der Waals surface area contributed by atoms with Crippen molar-refractivity contribution in [2.45, 2.75) is 53.1 Å². The number of allylic oxidation sites excluding steroid dienone is 3. The van der Waals surface area contributed by atoms with Crippen LogP contribution in [0.1, 0.15) is 54.9 Å². The third kappa shape index (κ3) is 5.60. The van der Waals surface area contributed by atoms with Gasteiger partial charge in [0.05, 0.1) is 30.4 Å². The molecule has 1 aliphatic heterocycles. The molecule has 3 aromatic carbocycles. The van der Waals surface area contributed by atoms with Crippen molar-refractivity contribution in [3.8, 4) is 17.6 Å². The Morgan fingerprint density at radius 2 is 1.64 bits per heavy atom. The van der Waals surface area contributed by atoms with Gasteiger partial charge in [0.1, 0.15) is 23.9 Å². The Bertz CT molecular complexity index is 1660. The summed E-state index contributed by atoms with van der Waals surface area (Å²) in [5, 5.41) is 11.4. The Hall–Kier alpha value is -3.92. The van der Waals surface area contributed by atoms with E-state index in [1.54, 1.807) is 30.2 Å². The van der Waals surface area contributed by atoms with Crippen LogP contribution in [0.5, 0.6) is 11.5 Å². The Kier molecular flexibility index (Phi) is 8.02. The summed E-state index contributed by atoms with van der Waals surface area (Å²) in [6.45, 7) is 8.49. The van der Waals surface area contributed by atoms with Crippen LogP contribution in [0.15, 0.2) is 77.3 Å². The molecule has 0 saturated carbocycles. The highest BCUT2D eigenvalue weighted by Crippen LogP contribution is 2.51. The molecule has 216 valence electrons. The summed E-state index contributed by atoms with van der Waals surface area (Å²) in [7, 11) is 1.62. The zero-order valence-corrected chi connectivity index (χ0v) is 25.9. The number of rotatable bonds is 6. The summed E-state index contributed by atoms with van der Waals surface area (Å²) >= 11 is 12.8. The number of aryl methyl sites for hydroxylation is 2. The molecular weight excluding hydrogens is 569 g/mol. The van der Waals surface area contributed by atoms with Gasteiger partial charge < -0.3 is 15.2 Å². The number of carbonyl (C=O) groups is 1. The first-order valence-electron chi connectivity index (χ1n) is 13.7. The number of carbonyl (C=O) groups excluding carboxylic acids is 1. The Morgan fingerprint density at radius 1 is 1.00 bits per heavy atom. The maximum absolute atomic E-state index is 14.0. The molecule has 1 heterocycles. The molecule has 0 radical (unpaired) electrons. The SMILES string of the molecule is COc1ccc(OCc2cc(C3C(C#N)=C(N)N(c4cc(Cl)cc(Cl)c4)C4=C3C(=O)CC(C)(C)C4)c(C)cc2C)cc1. The van der Waals surface area contributed by atoms with Crippen LogP contribution in [0.2, 0.25) is 10.0 Å². The average Bonchev–Trinajstić information content (AvgIpc) is 2.91. The second-order valence-corrected chi connectivity index (χ2v) is 12.6. The number of halogens is 2. The summed E-state index contributed by atoms with van der Waals surface area (Å²) in [5.74, 6) is 1.12. The zero-order valence-electron chi connectivity index (χ0n) is 24.3. The number of benzene rings is 3. The summed E-state index contributed by atoms with van der Waals surface area (Å²) < 4.78 is 11.4. The van der Waals surface area contributed by atoms with E-state index in [1.165, 1.54) is 0 Å². The van der Waals surface area contributed by atoms with Gasteiger partial charge in [0, 0.05) is 27.7 Å². The molecule has 3 aromatic rings. The van der Waals surface area contributed by atoms with Crippen molar-refractivity contribution in [2.75, 3.05) is 12.0 Å². The highest BCUT2D eigenvalue weighted by molar-refractivity contribution is 6.35. The van der Waals surface area contributed by atoms with Crippen LogP contribution in [-0.4, -0.2) is 12.9 Å². The molecule has 5 rings (SSSR count). The highest BCUT2D eigenvalue weighted by atomic mass is 35.5. The molecule has 6 nitrogen and oxygen atoms in total. The van der Waals surface area contributed by atoms with Crippen molar-refractivity contribution in [1.82, 2.24) is 0 Å². The predicted octanol–water partition coefficient (Wildman–Crippen LogP) is 8.14. The van der Waals surface area contributed by atoms with Crippen LogP contribution in [-0.2, 0) is 11.4 Å². The van der Waals surface area contributed by atoms with Gasteiger partial charge in [0.2, 0.25) is 0 Å². The number of methoxy groups -OCH3 is 1. The maximum Gasteiger partial charge on any atom is 0.162 e. The van der Waals surface area contributed by atoms with Crippen LogP contribution >= 0.6 is 23.2 Å². The van der Waals surface area contributed by atoms with E-state index in [0.29, 0.717) is 52.1 Å². The number of nitriles is 1. The van der Waals surface area contributed by atoms with Crippen molar-refractivity contribution < 1.29 is 14.3 Å². The van der Waals surface area contributed by atoms with Crippen LogP contribution in [0.25, 0.3) is 0 Å². The van der Waals surface area contributed by atoms with Gasteiger partial charge in [-0.05, 0) is 90.4 Å². The first kappa shape index (κ1) is 29.6. The summed E-state index contributed by atoms with van der Waals surface area (Å²) in [6, 6.07) is 19.0. The van der Waals surface area contributed by atoms with Crippen molar-refractivity contribution in [3.05, 3.63) is 110 Å². The minimum Gasteiger partial charge on any atom is -0.497 e. The van der Waals surface area contributed by atoms with Crippen molar-refractivity contribution >= 4 is 34.7 Å². The minimum absolute atomic E-state index is 0.000586. The lowest BCUT2D eigenvalue weighted by atomic mass is 9.68. The normalized spacial score (nSPS) is 18.1. The van der Waals surface area contributed by atoms with Crippen LogP contribution < -0.4 is 20.1 Å². The van der Waals surface area contributed by atoms with Gasteiger partial charge in [0.15, 0.2) is 5.78 Å². The molecule has 2 N–H and O–H groups in total. The second kappa shape index (κ2) is 11.4. The lowest BCUT2D eigenvalue weighted by Crippen LogP contribution is -2.42. The molecule has 42 heavy (non-hydrogen) atoms. The highest BCUT2D eigenvalue weighted by Gasteiger charge is 2.45. The van der Waals surface area contributed by atoms with E-state index in [4.69, 9.17) is 38.4 Å². The van der Waals surface area contributed by atoms with E-state index in [9.17, 15) is 10.1 Å². The third-order valence-corrected chi connectivity index (χ3v) is 8.41. The molecule has 0 spiro atoms. The lowest BCUT2D eigenvalue weighted by molar-refractivity contribution is -0.118. The van der Waals surface area contributed by atoms with Crippen molar-refractivity contribution in [2.24, 2.45) is 11.1 Å². The van der Waals surface area contributed by atoms with Crippen molar-refractivity contribution in [3.63, 3.8) is 0 Å². The monoisotopic (exact) mass is 601 g/mol. The van der Waals surface area contributed by atoms with Crippen molar-refractivity contribution in [1.29, 1.82) is 5.26 Å². The summed E-state index contributed by atoms with van der Waals surface area (Å²) in [4.78, 5) is 15.8. The molecule has 0 saturated heterocycles. The van der Waals surface area contributed by atoms with Crippen LogP contribution in [0.4, 0.5) is 5.69 Å². The molecule has 0 amide bonds. The number of Topliss-reactive ketones (excluding diaryl/α,β-unsaturated/α-hetero) is 1. The number of anilines is 1. The molecule has 8 heteroatoms. The van der Waals surface area contributed by atoms with Gasteiger partial charge in [-0.25, -0.2) is 0 Å². The first-order chi connectivity index (χ1) is 19.9. The number of nitrogens with zero attached hydrogens (tertiary/aromatic N) is 2. The fraction of sp³-hybridized carbons (Fsp3) is 0.294. The Balaban J connectivity index is 1.65. The molecule has 0 aromatic heterocycles. The standard InChI is InChI=1S/C34H33Cl2N3O3/c1-19-10-20(2)27(11-21(19)18-42-26-8-6-25(41-5)7-9-26)31-28(17-37)33(38)39(24-13-22(35)12-23(36)14-24)29-15-34(3,4)16-30(40)32(29)31/h6-14,31H,15-16,18,38H2,1-5H3. The quantitative estimate of drug-likeness (QED) is 0.307. The van der Waals surface area contributed by atoms with E-state index >= 15 is 0 Å². The number of ether oxygens (including phenoxy) is 2. The number of hydrogen-bond donors (Lipinski definition) is 1. The summed E-state index contributed by atoms with van der Waals surface area (Å²) in [6.07, 6.45) is 0.954. The molecular formula is C34H33Cl2N3O3. The van der Waals surface area contributed by atoms with E-state index in [-0.39, 0.29) is 17.0 Å². The molecule has 0 bridgehead atoms. The molecule has 0 fully saturated rings. The van der Waals surface area contributed by atoms with Gasteiger partial charge in [-0.15, -0.1) is 0 Å². The predicted molar refractivity (Wildman–Crippen MR) is 167 cm³/mol. The smallest absolute Gasteiger partial charge is 0.162 e. The summed E-state index contributed by atoms with van der Waals surface area (Å²) in [5.41, 5.74) is 12.6. The molecule has 2 aliphatic rings. The minimum atomic E-state index is -0.611. The topological polar surface area (TPSA) is 88.6 Å². The molecule has 1 atom stereocenters. The number of hydrogen-bond acceptors (Lipinski definition) is 6. The van der Waals surface area contributed by atoms with Gasteiger partial charge in [-0.2, -0.15) is 5.26 Å². The van der Waals surface area contributed by atoms with Gasteiger partial charge >= 0.3 is 0 Å². The second-order valence-electron chi connectivity index (χ2n) is 11.7. The fourth-order valence-corrected chi connectivity index (χ4v) is 6.51. The fourth-order valence-electron chi connectivity index (χ4n) is 6.00. The van der Waals surface area contributed by atoms with E-state index < -0.39 is 5.92 Å². The largest absolute Gasteiger partial charge is 0.497 e. The Labute approximate surface area is 256 Å². The van der Waals surface area contributed by atoms with Crippen LogP contribution in [0.3, 0.4) is 0 Å². The average molecular weight is 603 g/mol. The van der Waals surface area contributed by atoms with Gasteiger partial charge in [-0.1, -0.05) is 49.2 Å². The van der Waals surface area contributed by atoms with E-state index in [2.05, 4.69) is 26.0 Å². The number of nitrogens with two attached hydrogens (primary N) is 1. The molecule has 1 aliphatic carbocycles. The third-order valence-electron chi connectivity index (χ3n) is 7.98. The van der Waals surface area contributed by atoms with Crippen LogP contribution in [0, 0.1) is 30.6 Å². The number of ketones is 1. The zero-order chi connectivity index (χ0) is 30.3.